The summed E-state index contributed by atoms with van der Waals surface area (Å²) in [5.74, 6) is 4.77. The van der Waals surface area contributed by atoms with Crippen molar-refractivity contribution in [3.05, 3.63) is 65.2 Å². The Labute approximate surface area is 442 Å². The molecule has 0 bridgehead atoms. The van der Waals surface area contributed by atoms with Crippen LogP contribution in [0.15, 0.2) is 48.5 Å². The van der Waals surface area contributed by atoms with Gasteiger partial charge in [0.05, 0.1) is 32.1 Å². The Morgan fingerprint density at radius 2 is 1.04 bits per heavy atom. The summed E-state index contributed by atoms with van der Waals surface area (Å²) in [4.78, 5) is 64.5. The highest BCUT2D eigenvalue weighted by Gasteiger charge is 2.26. The topological polar surface area (TPSA) is 149 Å². The SMILES string of the molecule is CCCCCCCCCCCCCCCCCC(=O)CC(COC(=O)CCCCCCCCCCCCCCCCC)COP(=O)(O)OCCNC(=O)CCC(=O)N1Cc2ccccc2C#Cc2ccccc21. The maximum absolute atomic E-state index is 13.5. The summed E-state index contributed by atoms with van der Waals surface area (Å²) in [5, 5.41) is 2.65. The van der Waals surface area contributed by atoms with Gasteiger partial charge in [-0.3, -0.25) is 28.2 Å². The molecule has 3 rings (SSSR count). The Hall–Kier alpha value is -3.81. The number of esters is 1. The minimum atomic E-state index is -4.59. The van der Waals surface area contributed by atoms with Crippen molar-refractivity contribution < 1.29 is 42.4 Å². The summed E-state index contributed by atoms with van der Waals surface area (Å²) in [6, 6.07) is 15.1. The zero-order chi connectivity index (χ0) is 52.5. The highest BCUT2D eigenvalue weighted by atomic mass is 31.2. The number of nitrogens with zero attached hydrogens (tertiary/aromatic N) is 1. The van der Waals surface area contributed by atoms with Gasteiger partial charge in [0.2, 0.25) is 11.8 Å². The van der Waals surface area contributed by atoms with E-state index in [1.165, 1.54) is 154 Å². The first-order chi connectivity index (χ1) is 35.6. The number of fused-ring (bicyclic) bond motifs is 2. The van der Waals surface area contributed by atoms with Crippen LogP contribution in [0.25, 0.3) is 0 Å². The first-order valence-electron chi connectivity index (χ1n) is 29.2. The molecule has 2 aromatic carbocycles. The van der Waals surface area contributed by atoms with E-state index < -0.39 is 19.6 Å². The number of anilines is 1. The number of carbonyl (C=O) groups excluding carboxylic acids is 4. The van der Waals surface area contributed by atoms with Crippen molar-refractivity contribution in [2.45, 2.75) is 245 Å². The molecular weight excluding hydrogens is 936 g/mol. The number of phosphoric acid groups is 1. The number of ketones is 1. The van der Waals surface area contributed by atoms with E-state index in [2.05, 4.69) is 31.0 Å². The lowest BCUT2D eigenvalue weighted by molar-refractivity contribution is -0.146. The van der Waals surface area contributed by atoms with Crippen LogP contribution in [-0.2, 0) is 44.1 Å². The summed E-state index contributed by atoms with van der Waals surface area (Å²) >= 11 is 0. The molecule has 0 aromatic heterocycles. The molecule has 2 atom stereocenters. The largest absolute Gasteiger partial charge is 0.472 e. The van der Waals surface area contributed by atoms with Crippen LogP contribution < -0.4 is 10.2 Å². The van der Waals surface area contributed by atoms with E-state index in [4.69, 9.17) is 13.8 Å². The number of ether oxygens (including phenoxy) is 1. The number of hydrogen-bond acceptors (Lipinski definition) is 8. The van der Waals surface area contributed by atoms with Gasteiger partial charge in [0, 0.05) is 55.7 Å². The van der Waals surface area contributed by atoms with Gasteiger partial charge in [0.1, 0.15) is 5.78 Å². The smallest absolute Gasteiger partial charge is 0.465 e. The number of phosphoric ester groups is 1. The van der Waals surface area contributed by atoms with Crippen LogP contribution in [0.2, 0.25) is 0 Å². The highest BCUT2D eigenvalue weighted by Crippen LogP contribution is 2.43. The van der Waals surface area contributed by atoms with Crippen molar-refractivity contribution in [3.8, 4) is 11.8 Å². The predicted octanol–water partition coefficient (Wildman–Crippen LogP) is 15.6. The normalized spacial score (nSPS) is 13.2. The Morgan fingerprint density at radius 1 is 0.575 bits per heavy atom. The molecule has 0 radical (unpaired) electrons. The molecule has 73 heavy (non-hydrogen) atoms. The third-order valence-corrected chi connectivity index (χ3v) is 14.9. The molecule has 2 N–H and O–H groups in total. The van der Waals surface area contributed by atoms with Gasteiger partial charge in [-0.15, -0.1) is 0 Å². The molecule has 1 aliphatic heterocycles. The van der Waals surface area contributed by atoms with Crippen LogP contribution in [-0.4, -0.2) is 54.8 Å². The van der Waals surface area contributed by atoms with E-state index >= 15 is 0 Å². The minimum absolute atomic E-state index is 0.00526. The minimum Gasteiger partial charge on any atom is -0.465 e. The number of rotatable bonds is 46. The summed E-state index contributed by atoms with van der Waals surface area (Å²) in [6.45, 7) is 4.02. The molecule has 2 amide bonds. The zero-order valence-electron chi connectivity index (χ0n) is 45.6. The Balaban J connectivity index is 1.35. The lowest BCUT2D eigenvalue weighted by Crippen LogP contribution is -2.33. The summed E-state index contributed by atoms with van der Waals surface area (Å²) in [5.41, 5.74) is 3.16. The molecule has 410 valence electrons. The van der Waals surface area contributed by atoms with Gasteiger partial charge in [-0.1, -0.05) is 236 Å². The molecule has 0 fully saturated rings. The molecule has 0 aliphatic carbocycles. The standard InChI is InChI=1S/C61H97N2O9P/c1-3-5-7-9-11-13-15-17-19-21-23-25-27-29-31-40-57(64)49-53(51-70-61(67)42-32-30-28-26-24-22-20-18-16-14-12-10-8-6-4-2)52-72-73(68,69)71-48-47-62-59(65)45-46-60(66)63-50-56-39-34-33-37-54(56)43-44-55-38-35-36-41-58(55)63/h33-39,41,53H,3-32,40,42,45-52H2,1-2H3,(H,62,65)(H,68,69). The van der Waals surface area contributed by atoms with Crippen LogP contribution in [0.3, 0.4) is 0 Å². The second-order valence-corrected chi connectivity index (χ2v) is 22.0. The number of Topliss-reactive ketones (excluding diaryl/α,β-unsaturated/α-hetero) is 1. The lowest BCUT2D eigenvalue weighted by atomic mass is 9.99. The monoisotopic (exact) mass is 1030 g/mol. The van der Waals surface area contributed by atoms with Crippen LogP contribution >= 0.6 is 7.82 Å². The van der Waals surface area contributed by atoms with E-state index in [0.717, 1.165) is 55.2 Å². The molecule has 2 aromatic rings. The fourth-order valence-corrected chi connectivity index (χ4v) is 10.2. The summed E-state index contributed by atoms with van der Waals surface area (Å²) in [6.07, 6.45) is 37.8. The highest BCUT2D eigenvalue weighted by molar-refractivity contribution is 7.47. The van der Waals surface area contributed by atoms with Crippen molar-refractivity contribution >= 4 is 37.1 Å². The maximum atomic E-state index is 13.5. The van der Waals surface area contributed by atoms with Crippen LogP contribution in [0.4, 0.5) is 5.69 Å². The van der Waals surface area contributed by atoms with Crippen molar-refractivity contribution in [1.82, 2.24) is 5.32 Å². The van der Waals surface area contributed by atoms with Gasteiger partial charge in [0.15, 0.2) is 0 Å². The molecular formula is C61H97N2O9P. The van der Waals surface area contributed by atoms with Crippen LogP contribution in [0.5, 0.6) is 0 Å². The number of hydrogen-bond donors (Lipinski definition) is 2. The molecule has 12 heteroatoms. The van der Waals surface area contributed by atoms with E-state index in [-0.39, 0.29) is 69.7 Å². The van der Waals surface area contributed by atoms with Crippen LogP contribution in [0.1, 0.15) is 255 Å². The second kappa shape index (κ2) is 41.4. The number of para-hydroxylation sites is 1. The molecule has 1 heterocycles. The van der Waals surface area contributed by atoms with Crippen LogP contribution in [0, 0.1) is 17.8 Å². The summed E-state index contributed by atoms with van der Waals surface area (Å²) < 4.78 is 29.1. The lowest BCUT2D eigenvalue weighted by Gasteiger charge is -2.26. The van der Waals surface area contributed by atoms with E-state index in [1.54, 1.807) is 4.90 Å². The Morgan fingerprint density at radius 3 is 1.59 bits per heavy atom. The van der Waals surface area contributed by atoms with Gasteiger partial charge in [-0.05, 0) is 36.6 Å². The van der Waals surface area contributed by atoms with Crippen molar-refractivity contribution in [2.24, 2.45) is 5.92 Å². The zero-order valence-corrected chi connectivity index (χ0v) is 46.5. The second-order valence-electron chi connectivity index (χ2n) is 20.5. The number of amides is 2. The van der Waals surface area contributed by atoms with Gasteiger partial charge in [-0.2, -0.15) is 0 Å². The van der Waals surface area contributed by atoms with Gasteiger partial charge in [0.25, 0.3) is 0 Å². The predicted molar refractivity (Wildman–Crippen MR) is 297 cm³/mol. The molecule has 0 spiro atoms. The van der Waals surface area contributed by atoms with E-state index in [1.807, 2.05) is 48.5 Å². The first kappa shape index (κ1) is 63.5. The van der Waals surface area contributed by atoms with Crippen molar-refractivity contribution in [2.75, 3.05) is 31.3 Å². The third-order valence-electron chi connectivity index (χ3n) is 13.9. The molecule has 1 aliphatic rings. The van der Waals surface area contributed by atoms with Gasteiger partial charge in [-0.25, -0.2) is 4.57 Å². The first-order valence-corrected chi connectivity index (χ1v) is 30.7. The fourth-order valence-electron chi connectivity index (χ4n) is 9.45. The maximum Gasteiger partial charge on any atom is 0.472 e. The Kier molecular flexibility index (Phi) is 36.0. The number of nitrogens with one attached hydrogen (secondary N) is 1. The quantitative estimate of drug-likeness (QED) is 0.0286. The third kappa shape index (κ3) is 31.6. The van der Waals surface area contributed by atoms with E-state index in [0.29, 0.717) is 18.7 Å². The van der Waals surface area contributed by atoms with Gasteiger partial charge >= 0.3 is 13.8 Å². The summed E-state index contributed by atoms with van der Waals surface area (Å²) in [7, 11) is -4.59. The van der Waals surface area contributed by atoms with Crippen molar-refractivity contribution in [3.63, 3.8) is 0 Å². The molecule has 0 saturated carbocycles. The van der Waals surface area contributed by atoms with Crippen molar-refractivity contribution in [1.29, 1.82) is 0 Å². The van der Waals surface area contributed by atoms with Gasteiger partial charge < -0.3 is 19.8 Å². The fraction of sp³-hybridized carbons (Fsp3) is 0.705. The average molecular weight is 1030 g/mol. The molecule has 0 saturated heterocycles. The number of unbranched alkanes of at least 4 members (excludes halogenated alkanes) is 28. The molecule has 11 nitrogen and oxygen atoms in total. The Bertz CT molecular complexity index is 1930. The number of carbonyl (C=O) groups is 4. The van der Waals surface area contributed by atoms with E-state index in [9.17, 15) is 28.6 Å². The number of benzene rings is 2. The molecule has 2 unspecified atom stereocenters. The average Bonchev–Trinajstić information content (AvgIpc) is 3.38.